The largest absolute Gasteiger partial charge is 0.239 e. The maximum Gasteiger partial charge on any atom is 0.239 e. The summed E-state index contributed by atoms with van der Waals surface area (Å²) in [6.07, 6.45) is 6.79. The van der Waals surface area contributed by atoms with Crippen molar-refractivity contribution in [3.8, 4) is 0 Å². The minimum atomic E-state index is 0.977. The summed E-state index contributed by atoms with van der Waals surface area (Å²) in [6.45, 7) is 2.06. The summed E-state index contributed by atoms with van der Waals surface area (Å²) in [7, 11) is 0. The molecule has 8 heavy (non-hydrogen) atoms. The van der Waals surface area contributed by atoms with Crippen molar-refractivity contribution in [2.75, 3.05) is 0 Å². The average molecular weight is 111 g/mol. The summed E-state index contributed by atoms with van der Waals surface area (Å²) >= 11 is 0. The summed E-state index contributed by atoms with van der Waals surface area (Å²) in [4.78, 5) is 12.6. The lowest BCUT2D eigenvalue weighted by Gasteiger charge is -1.76. The Balaban J connectivity index is 3.20. The van der Waals surface area contributed by atoms with Gasteiger partial charge in [-0.1, -0.05) is 19.4 Å². The third-order valence-corrected chi connectivity index (χ3v) is 0.688. The van der Waals surface area contributed by atoms with Crippen molar-refractivity contribution < 1.29 is 4.79 Å². The van der Waals surface area contributed by atoms with Gasteiger partial charge >= 0.3 is 0 Å². The fraction of sp³-hybridized carbons (Fsp3) is 0.500. The van der Waals surface area contributed by atoms with Crippen molar-refractivity contribution in [2.45, 2.75) is 19.8 Å². The molecule has 0 N–H and O–H groups in total. The van der Waals surface area contributed by atoms with Crippen LogP contribution < -0.4 is 0 Å². The first-order valence-corrected chi connectivity index (χ1v) is 2.63. The van der Waals surface area contributed by atoms with E-state index in [2.05, 4.69) is 11.9 Å². The van der Waals surface area contributed by atoms with E-state index >= 15 is 0 Å². The standard InChI is InChI=1S/C6H9NO/c1-2-3-4-5-7-6-8/h4-5H,2-3H2,1H3/b5-4+. The number of hydrogen-bond acceptors (Lipinski definition) is 2. The maximum atomic E-state index is 9.43. The van der Waals surface area contributed by atoms with Crippen LogP contribution in [0.5, 0.6) is 0 Å². The van der Waals surface area contributed by atoms with Crippen molar-refractivity contribution in [3.63, 3.8) is 0 Å². The number of isocyanates is 1. The molecular formula is C6H9NO. The van der Waals surface area contributed by atoms with Gasteiger partial charge in [0.2, 0.25) is 6.08 Å². The first-order chi connectivity index (χ1) is 3.91. The van der Waals surface area contributed by atoms with Crippen LogP contribution in [0.25, 0.3) is 0 Å². The second kappa shape index (κ2) is 6.12. The number of allylic oxidation sites excluding steroid dienone is 1. The molecule has 0 rings (SSSR count). The molecule has 0 aliphatic carbocycles. The van der Waals surface area contributed by atoms with Crippen LogP contribution >= 0.6 is 0 Å². The third kappa shape index (κ3) is 5.12. The van der Waals surface area contributed by atoms with E-state index in [9.17, 15) is 4.79 Å². The first kappa shape index (κ1) is 7.12. The van der Waals surface area contributed by atoms with Crippen LogP contribution in [-0.2, 0) is 4.79 Å². The summed E-state index contributed by atoms with van der Waals surface area (Å²) in [6, 6.07) is 0. The number of carbonyl (C=O) groups excluding carboxylic acids is 1. The molecule has 0 fully saturated rings. The smallest absolute Gasteiger partial charge is 0.211 e. The highest BCUT2D eigenvalue weighted by molar-refractivity contribution is 5.34. The molecule has 0 aliphatic heterocycles. The van der Waals surface area contributed by atoms with E-state index in [1.807, 2.05) is 6.08 Å². The van der Waals surface area contributed by atoms with Gasteiger partial charge < -0.3 is 0 Å². The van der Waals surface area contributed by atoms with E-state index in [0.29, 0.717) is 0 Å². The Morgan fingerprint density at radius 2 is 2.50 bits per heavy atom. The monoisotopic (exact) mass is 111 g/mol. The molecule has 0 aliphatic rings. The minimum absolute atomic E-state index is 0.977. The van der Waals surface area contributed by atoms with Gasteiger partial charge in [0.1, 0.15) is 0 Å². The van der Waals surface area contributed by atoms with Crippen molar-refractivity contribution in [1.82, 2.24) is 0 Å². The number of nitrogens with zero attached hydrogens (tertiary/aromatic N) is 1. The Bertz CT molecular complexity index is 112. The lowest BCUT2D eigenvalue weighted by Crippen LogP contribution is -1.57. The third-order valence-electron chi connectivity index (χ3n) is 0.688. The highest BCUT2D eigenvalue weighted by Gasteiger charge is 1.67. The predicted molar refractivity (Wildman–Crippen MR) is 32.2 cm³/mol. The van der Waals surface area contributed by atoms with Gasteiger partial charge in [-0.3, -0.25) is 0 Å². The molecule has 44 valence electrons. The Kier molecular flexibility index (Phi) is 5.45. The topological polar surface area (TPSA) is 29.4 Å². The molecule has 0 spiro atoms. The Morgan fingerprint density at radius 3 is 3.00 bits per heavy atom. The van der Waals surface area contributed by atoms with Gasteiger partial charge in [-0.2, -0.15) is 4.99 Å². The predicted octanol–water partition coefficient (Wildman–Crippen LogP) is 1.64. The normalized spacial score (nSPS) is 9.12. The zero-order valence-electron chi connectivity index (χ0n) is 4.92. The molecule has 0 radical (unpaired) electrons. The van der Waals surface area contributed by atoms with Crippen LogP contribution in [0.4, 0.5) is 0 Å². The van der Waals surface area contributed by atoms with Gasteiger partial charge in [0.15, 0.2) is 0 Å². The Hall–Kier alpha value is -0.880. The molecule has 2 heteroatoms. The summed E-state index contributed by atoms with van der Waals surface area (Å²) in [5.41, 5.74) is 0. The lowest BCUT2D eigenvalue weighted by atomic mass is 10.3. The molecule has 0 amide bonds. The van der Waals surface area contributed by atoms with Gasteiger partial charge in [-0.15, -0.1) is 0 Å². The SMILES string of the molecule is CCC/C=C/N=C=O. The van der Waals surface area contributed by atoms with E-state index in [1.54, 1.807) is 0 Å². The van der Waals surface area contributed by atoms with Crippen molar-refractivity contribution in [3.05, 3.63) is 12.3 Å². The average Bonchev–Trinajstić information content (AvgIpc) is 1.81. The Labute approximate surface area is 48.9 Å². The van der Waals surface area contributed by atoms with E-state index in [4.69, 9.17) is 0 Å². The van der Waals surface area contributed by atoms with Crippen molar-refractivity contribution >= 4 is 6.08 Å². The second-order valence-corrected chi connectivity index (χ2v) is 1.39. The fourth-order valence-electron chi connectivity index (χ4n) is 0.324. The van der Waals surface area contributed by atoms with Gasteiger partial charge in [0, 0.05) is 6.20 Å². The molecule has 0 aromatic rings. The molecule has 0 unspecified atom stereocenters. The number of unbranched alkanes of at least 4 members (excludes halogenated alkanes) is 1. The summed E-state index contributed by atoms with van der Waals surface area (Å²) in [5, 5.41) is 0. The molecule has 0 bridgehead atoms. The van der Waals surface area contributed by atoms with Crippen LogP contribution in [0.15, 0.2) is 17.3 Å². The van der Waals surface area contributed by atoms with Crippen LogP contribution in [0.2, 0.25) is 0 Å². The van der Waals surface area contributed by atoms with Crippen LogP contribution in [0.3, 0.4) is 0 Å². The van der Waals surface area contributed by atoms with Crippen LogP contribution in [0, 0.1) is 0 Å². The van der Waals surface area contributed by atoms with Crippen molar-refractivity contribution in [1.29, 1.82) is 0 Å². The maximum absolute atomic E-state index is 9.43. The Morgan fingerprint density at radius 1 is 1.75 bits per heavy atom. The van der Waals surface area contributed by atoms with Gasteiger partial charge in [-0.05, 0) is 6.42 Å². The molecule has 0 saturated heterocycles. The van der Waals surface area contributed by atoms with E-state index in [-0.39, 0.29) is 0 Å². The highest BCUT2D eigenvalue weighted by Crippen LogP contribution is 1.86. The zero-order chi connectivity index (χ0) is 6.24. The summed E-state index contributed by atoms with van der Waals surface area (Å²) in [5.74, 6) is 0. The number of rotatable bonds is 3. The van der Waals surface area contributed by atoms with E-state index in [1.165, 1.54) is 12.3 Å². The molecule has 0 aromatic heterocycles. The molecule has 0 atom stereocenters. The molecule has 0 heterocycles. The van der Waals surface area contributed by atoms with Crippen molar-refractivity contribution in [2.24, 2.45) is 4.99 Å². The van der Waals surface area contributed by atoms with E-state index in [0.717, 1.165) is 12.8 Å². The zero-order valence-corrected chi connectivity index (χ0v) is 4.92. The minimum Gasteiger partial charge on any atom is -0.211 e. The fourth-order valence-corrected chi connectivity index (χ4v) is 0.324. The van der Waals surface area contributed by atoms with Gasteiger partial charge in [0.25, 0.3) is 0 Å². The van der Waals surface area contributed by atoms with Gasteiger partial charge in [0.05, 0.1) is 0 Å². The molecule has 0 saturated carbocycles. The highest BCUT2D eigenvalue weighted by atomic mass is 16.1. The summed E-state index contributed by atoms with van der Waals surface area (Å²) < 4.78 is 0. The number of aliphatic imine (C=N–C) groups is 1. The quantitative estimate of drug-likeness (QED) is 0.402. The lowest BCUT2D eigenvalue weighted by molar-refractivity contribution is 0.565. The number of hydrogen-bond donors (Lipinski definition) is 0. The molecule has 2 nitrogen and oxygen atoms in total. The van der Waals surface area contributed by atoms with Crippen LogP contribution in [0.1, 0.15) is 19.8 Å². The molecular weight excluding hydrogens is 102 g/mol. The van der Waals surface area contributed by atoms with Gasteiger partial charge in [-0.25, -0.2) is 4.79 Å². The second-order valence-electron chi connectivity index (χ2n) is 1.39. The first-order valence-electron chi connectivity index (χ1n) is 2.63. The van der Waals surface area contributed by atoms with E-state index < -0.39 is 0 Å². The molecule has 0 aromatic carbocycles. The van der Waals surface area contributed by atoms with Crippen LogP contribution in [-0.4, -0.2) is 6.08 Å².